The van der Waals surface area contributed by atoms with Crippen molar-refractivity contribution < 1.29 is 12.8 Å². The van der Waals surface area contributed by atoms with Crippen LogP contribution in [0.3, 0.4) is 0 Å². The Hall–Kier alpha value is -2.19. The number of aromatic nitrogens is 2. The van der Waals surface area contributed by atoms with Gasteiger partial charge in [0.1, 0.15) is 5.58 Å². The summed E-state index contributed by atoms with van der Waals surface area (Å²) in [6.07, 6.45) is 5.30. The highest BCUT2D eigenvalue weighted by atomic mass is 32.2. The van der Waals surface area contributed by atoms with Gasteiger partial charge in [-0.05, 0) is 49.8 Å². The number of nitrogens with one attached hydrogen (secondary N) is 1. The molecule has 2 aromatic heterocycles. The molecule has 0 saturated heterocycles. The molecule has 1 aromatic carbocycles. The van der Waals surface area contributed by atoms with E-state index in [0.29, 0.717) is 22.4 Å². The van der Waals surface area contributed by atoms with Gasteiger partial charge in [-0.25, -0.2) is 22.9 Å². The third kappa shape index (κ3) is 2.93. The van der Waals surface area contributed by atoms with Gasteiger partial charge in [0.15, 0.2) is 5.52 Å². The van der Waals surface area contributed by atoms with Gasteiger partial charge in [0, 0.05) is 18.5 Å². The van der Waals surface area contributed by atoms with Gasteiger partial charge in [-0.1, -0.05) is 6.92 Å². The monoisotopic (exact) mass is 375 g/mol. The van der Waals surface area contributed by atoms with Gasteiger partial charge in [-0.2, -0.15) is 0 Å². The average molecular weight is 375 g/mol. The molecule has 1 fully saturated rings. The molecule has 26 heavy (non-hydrogen) atoms. The lowest BCUT2D eigenvalue weighted by atomic mass is 9.88. The van der Waals surface area contributed by atoms with Crippen LogP contribution in [0.2, 0.25) is 0 Å². The molecular weight excluding hydrogens is 354 g/mol. The van der Waals surface area contributed by atoms with E-state index in [1.807, 2.05) is 0 Å². The number of fused-ring (bicyclic) bond motifs is 3. The summed E-state index contributed by atoms with van der Waals surface area (Å²) in [6.45, 7) is 2.20. The molecule has 0 aliphatic heterocycles. The quantitative estimate of drug-likeness (QED) is 0.710. The number of rotatable bonds is 3. The van der Waals surface area contributed by atoms with Crippen LogP contribution >= 0.6 is 0 Å². The molecule has 2 heterocycles. The summed E-state index contributed by atoms with van der Waals surface area (Å²) < 4.78 is 35.4. The highest BCUT2D eigenvalue weighted by Gasteiger charge is 2.25. The van der Waals surface area contributed by atoms with Crippen molar-refractivity contribution >= 4 is 32.0 Å². The Kier molecular flexibility index (Phi) is 4.11. The lowest BCUT2D eigenvalue weighted by Gasteiger charge is -2.26. The smallest absolute Gasteiger partial charge is 0.364 e. The van der Waals surface area contributed by atoms with Crippen molar-refractivity contribution in [2.24, 2.45) is 13.0 Å². The molecule has 1 N–H and O–H groups in total. The van der Waals surface area contributed by atoms with Crippen LogP contribution in [0.5, 0.6) is 0 Å². The molecule has 3 aromatic rings. The highest BCUT2D eigenvalue weighted by molar-refractivity contribution is 7.89. The second-order valence-corrected chi connectivity index (χ2v) is 8.89. The Morgan fingerprint density at radius 2 is 1.96 bits per heavy atom. The van der Waals surface area contributed by atoms with E-state index in [-0.39, 0.29) is 16.5 Å². The van der Waals surface area contributed by atoms with Crippen molar-refractivity contribution in [1.82, 2.24) is 14.3 Å². The lowest BCUT2D eigenvalue weighted by molar-refractivity contribution is 0.332. The fraction of sp³-hybridized carbons (Fsp3) is 0.444. The van der Waals surface area contributed by atoms with Gasteiger partial charge < -0.3 is 8.98 Å². The lowest BCUT2D eigenvalue weighted by Crippen LogP contribution is -2.37. The first-order valence-corrected chi connectivity index (χ1v) is 10.2. The molecule has 1 aliphatic rings. The molecule has 7 nitrogen and oxygen atoms in total. The van der Waals surface area contributed by atoms with Crippen molar-refractivity contribution in [1.29, 1.82) is 0 Å². The predicted octanol–water partition coefficient (Wildman–Crippen LogP) is 2.54. The zero-order chi connectivity index (χ0) is 18.5. The third-order valence-electron chi connectivity index (χ3n) is 5.19. The van der Waals surface area contributed by atoms with E-state index in [0.717, 1.165) is 25.7 Å². The zero-order valence-electron chi connectivity index (χ0n) is 14.7. The van der Waals surface area contributed by atoms with E-state index in [9.17, 15) is 13.2 Å². The molecule has 1 saturated carbocycles. The van der Waals surface area contributed by atoms with Crippen molar-refractivity contribution in [2.45, 2.75) is 43.5 Å². The summed E-state index contributed by atoms with van der Waals surface area (Å²) in [5.74, 6) is 0.650. The van der Waals surface area contributed by atoms with Crippen molar-refractivity contribution in [3.8, 4) is 0 Å². The van der Waals surface area contributed by atoms with Crippen LogP contribution in [-0.4, -0.2) is 24.0 Å². The largest absolute Gasteiger partial charge is 0.421 e. The number of hydrogen-bond donors (Lipinski definition) is 1. The summed E-state index contributed by atoms with van der Waals surface area (Å²) in [5.41, 5.74) is 0.582. The Balaban J connectivity index is 1.77. The van der Waals surface area contributed by atoms with Crippen LogP contribution in [0, 0.1) is 5.92 Å². The molecule has 0 atom stereocenters. The second kappa shape index (κ2) is 6.21. The molecular formula is C18H21N3O4S. The topological polar surface area (TPSA) is 94.2 Å². The van der Waals surface area contributed by atoms with Crippen LogP contribution in [0.4, 0.5) is 0 Å². The number of aryl methyl sites for hydroxylation is 1. The minimum Gasteiger partial charge on any atom is -0.421 e. The molecule has 0 amide bonds. The van der Waals surface area contributed by atoms with E-state index >= 15 is 0 Å². The molecule has 8 heteroatoms. The van der Waals surface area contributed by atoms with Crippen LogP contribution in [-0.2, 0) is 17.1 Å². The third-order valence-corrected chi connectivity index (χ3v) is 6.71. The Morgan fingerprint density at radius 1 is 1.23 bits per heavy atom. The first kappa shape index (κ1) is 17.2. The number of imidazole rings is 1. The van der Waals surface area contributed by atoms with Crippen LogP contribution in [0.1, 0.15) is 32.6 Å². The van der Waals surface area contributed by atoms with E-state index < -0.39 is 15.6 Å². The maximum absolute atomic E-state index is 12.8. The van der Waals surface area contributed by atoms with Gasteiger partial charge in [0.25, 0.3) is 0 Å². The summed E-state index contributed by atoms with van der Waals surface area (Å²) in [6, 6.07) is 4.52. The van der Waals surface area contributed by atoms with E-state index in [2.05, 4.69) is 16.6 Å². The Labute approximate surface area is 151 Å². The number of sulfonamides is 1. The zero-order valence-corrected chi connectivity index (χ0v) is 15.5. The summed E-state index contributed by atoms with van der Waals surface area (Å²) in [7, 11) is -1.88. The van der Waals surface area contributed by atoms with Crippen LogP contribution in [0.25, 0.3) is 22.0 Å². The van der Waals surface area contributed by atoms with Crippen molar-refractivity contribution in [3.63, 3.8) is 0 Å². The molecule has 0 radical (unpaired) electrons. The summed E-state index contributed by atoms with van der Waals surface area (Å²) in [4.78, 5) is 16.2. The van der Waals surface area contributed by atoms with Crippen LogP contribution in [0.15, 0.2) is 38.6 Å². The second-order valence-electron chi connectivity index (χ2n) is 7.18. The maximum atomic E-state index is 12.8. The van der Waals surface area contributed by atoms with Crippen molar-refractivity contribution in [3.05, 3.63) is 34.9 Å². The molecule has 0 unspecified atom stereocenters. The predicted molar refractivity (Wildman–Crippen MR) is 98.5 cm³/mol. The average Bonchev–Trinajstić information content (AvgIpc) is 2.99. The van der Waals surface area contributed by atoms with Crippen LogP contribution < -0.4 is 10.3 Å². The van der Waals surface area contributed by atoms with Gasteiger partial charge in [-0.3, -0.25) is 0 Å². The van der Waals surface area contributed by atoms with Crippen molar-refractivity contribution in [2.75, 3.05) is 0 Å². The summed E-state index contributed by atoms with van der Waals surface area (Å²) >= 11 is 0. The number of hydrogen-bond acceptors (Lipinski definition) is 5. The molecule has 4 rings (SSSR count). The van der Waals surface area contributed by atoms with E-state index in [4.69, 9.17) is 4.42 Å². The molecule has 1 aliphatic carbocycles. The molecule has 0 spiro atoms. The van der Waals surface area contributed by atoms with Gasteiger partial charge in [0.05, 0.1) is 16.7 Å². The highest BCUT2D eigenvalue weighted by Crippen LogP contribution is 2.27. The van der Waals surface area contributed by atoms with E-state index in [1.165, 1.54) is 18.5 Å². The standard InChI is InChI=1S/C18H21N3O4S/c1-11-3-5-12(6-4-11)20-26(23,24)13-7-8-15-14(9-13)17-16(18(22)25-15)19-10-21(17)2/h7-12,20H,3-6H2,1-2H3. The minimum atomic E-state index is -3.64. The number of nitrogens with zero attached hydrogens (tertiary/aromatic N) is 2. The van der Waals surface area contributed by atoms with Gasteiger partial charge in [0.2, 0.25) is 10.0 Å². The van der Waals surface area contributed by atoms with E-state index in [1.54, 1.807) is 17.7 Å². The first-order chi connectivity index (χ1) is 12.3. The Morgan fingerprint density at radius 3 is 2.69 bits per heavy atom. The Bertz CT molecular complexity index is 1140. The molecule has 138 valence electrons. The molecule has 0 bridgehead atoms. The SMILES string of the molecule is CC1CCC(NS(=O)(=O)c2ccc3oc(=O)c4ncn(C)c4c3c2)CC1. The normalized spacial score (nSPS) is 21.5. The minimum absolute atomic E-state index is 0.0303. The number of benzene rings is 1. The fourth-order valence-electron chi connectivity index (χ4n) is 3.66. The first-order valence-electron chi connectivity index (χ1n) is 8.75. The van der Waals surface area contributed by atoms with Gasteiger partial charge in [-0.15, -0.1) is 0 Å². The fourth-order valence-corrected chi connectivity index (χ4v) is 4.99. The summed E-state index contributed by atoms with van der Waals surface area (Å²) in [5, 5.41) is 0.555. The van der Waals surface area contributed by atoms with Gasteiger partial charge >= 0.3 is 5.63 Å². The maximum Gasteiger partial charge on any atom is 0.364 e.